The zero-order valence-corrected chi connectivity index (χ0v) is 14.1. The van der Waals surface area contributed by atoms with Gasteiger partial charge in [-0.1, -0.05) is 18.2 Å². The molecule has 6 atom stereocenters. The van der Waals surface area contributed by atoms with Crippen molar-refractivity contribution in [1.82, 2.24) is 4.90 Å². The number of nitrogens with zero attached hydrogens (tertiary/aromatic N) is 2. The Bertz CT molecular complexity index is 721. The van der Waals surface area contributed by atoms with Crippen LogP contribution in [0.25, 0.3) is 0 Å². The van der Waals surface area contributed by atoms with Crippen molar-refractivity contribution in [3.63, 3.8) is 0 Å². The molecule has 1 aromatic rings. The van der Waals surface area contributed by atoms with Crippen molar-refractivity contribution in [2.24, 2.45) is 5.92 Å². The summed E-state index contributed by atoms with van der Waals surface area (Å²) in [6.07, 6.45) is 3.82. The third-order valence-electron chi connectivity index (χ3n) is 6.90. The number of benzene rings is 1. The van der Waals surface area contributed by atoms with Crippen LogP contribution in [0.2, 0.25) is 0 Å². The van der Waals surface area contributed by atoms with E-state index in [1.807, 2.05) is 13.1 Å². The topological polar surface area (TPSA) is 56.2 Å². The maximum Gasteiger partial charge on any atom is 0.120 e. The first-order chi connectivity index (χ1) is 11.6. The molecule has 3 aliphatic heterocycles. The van der Waals surface area contributed by atoms with Crippen LogP contribution in [0.4, 0.5) is 5.69 Å². The third-order valence-corrected chi connectivity index (χ3v) is 6.90. The molecular weight excluding hydrogens is 304 g/mol. The predicted molar refractivity (Wildman–Crippen MR) is 91.5 cm³/mol. The number of likely N-dealkylation sites (N-methyl/N-ethyl adjacent to an activating group) is 1. The lowest BCUT2D eigenvalue weighted by Crippen LogP contribution is -2.69. The molecule has 1 spiro atoms. The van der Waals surface area contributed by atoms with E-state index < -0.39 is 12.2 Å². The SMILES string of the molecule is COc1ccc2c(c1)N(C)[C@H]1[C@H](O)[C@H](O)C3C=CCN4CC[C@]21[C@H]34. The van der Waals surface area contributed by atoms with Crippen LogP contribution in [0.1, 0.15) is 12.0 Å². The molecule has 4 aliphatic rings. The standard InChI is InChI=1S/C19H24N2O3/c1-20-14-10-11(24-2)5-6-13(14)19-7-9-21-8-3-4-12(17(19)21)15(22)16(23)18(19)20/h3-6,10,12,15-18,22-23H,7-9H2,1-2H3/t12?,15-,16-,17+,18+,19-/m1/s1. The molecule has 2 N–H and O–H groups in total. The van der Waals surface area contributed by atoms with Crippen LogP contribution in [-0.4, -0.2) is 66.7 Å². The van der Waals surface area contributed by atoms with E-state index in [2.05, 4.69) is 34.1 Å². The highest BCUT2D eigenvalue weighted by molar-refractivity contribution is 5.69. The van der Waals surface area contributed by atoms with Gasteiger partial charge in [0.05, 0.1) is 19.3 Å². The van der Waals surface area contributed by atoms with Gasteiger partial charge in [0.15, 0.2) is 0 Å². The van der Waals surface area contributed by atoms with E-state index in [9.17, 15) is 10.2 Å². The van der Waals surface area contributed by atoms with Gasteiger partial charge in [0.1, 0.15) is 11.9 Å². The Kier molecular flexibility index (Phi) is 2.92. The van der Waals surface area contributed by atoms with Gasteiger partial charge in [-0.2, -0.15) is 0 Å². The molecule has 3 heterocycles. The van der Waals surface area contributed by atoms with Crippen molar-refractivity contribution in [2.75, 3.05) is 32.1 Å². The minimum absolute atomic E-state index is 0.00560. The lowest BCUT2D eigenvalue weighted by molar-refractivity contribution is -0.0912. The van der Waals surface area contributed by atoms with Crippen LogP contribution in [0.3, 0.4) is 0 Å². The molecule has 128 valence electrons. The van der Waals surface area contributed by atoms with Crippen molar-refractivity contribution in [3.8, 4) is 5.75 Å². The number of aliphatic hydroxyl groups excluding tert-OH is 2. The Morgan fingerprint density at radius 3 is 2.83 bits per heavy atom. The smallest absolute Gasteiger partial charge is 0.120 e. The molecule has 0 aromatic heterocycles. The first-order valence-electron chi connectivity index (χ1n) is 8.78. The van der Waals surface area contributed by atoms with E-state index in [4.69, 9.17) is 4.74 Å². The fraction of sp³-hybridized carbons (Fsp3) is 0.579. The normalized spacial score (nSPS) is 42.7. The van der Waals surface area contributed by atoms with Crippen LogP contribution < -0.4 is 9.64 Å². The molecule has 5 rings (SSSR count). The Labute approximate surface area is 142 Å². The molecule has 1 unspecified atom stereocenters. The monoisotopic (exact) mass is 328 g/mol. The maximum atomic E-state index is 11.0. The Hall–Kier alpha value is -1.56. The number of hydrogen-bond donors (Lipinski definition) is 2. The zero-order chi connectivity index (χ0) is 16.6. The van der Waals surface area contributed by atoms with Crippen LogP contribution >= 0.6 is 0 Å². The van der Waals surface area contributed by atoms with Gasteiger partial charge in [-0.25, -0.2) is 0 Å². The molecule has 1 aliphatic carbocycles. The van der Waals surface area contributed by atoms with E-state index in [1.54, 1.807) is 7.11 Å². The van der Waals surface area contributed by atoms with Crippen LogP contribution in [0.5, 0.6) is 5.75 Å². The van der Waals surface area contributed by atoms with E-state index >= 15 is 0 Å². The second-order valence-electron chi connectivity index (χ2n) is 7.66. The molecule has 2 fully saturated rings. The summed E-state index contributed by atoms with van der Waals surface area (Å²) in [6, 6.07) is 6.43. The Morgan fingerprint density at radius 2 is 2.04 bits per heavy atom. The summed E-state index contributed by atoms with van der Waals surface area (Å²) in [4.78, 5) is 4.66. The molecule has 5 heteroatoms. The molecule has 0 bridgehead atoms. The number of anilines is 1. The number of hydrogen-bond acceptors (Lipinski definition) is 5. The quantitative estimate of drug-likeness (QED) is 0.745. The van der Waals surface area contributed by atoms with E-state index in [0.717, 1.165) is 30.9 Å². The molecule has 0 radical (unpaired) electrons. The van der Waals surface area contributed by atoms with Crippen molar-refractivity contribution in [3.05, 3.63) is 35.9 Å². The van der Waals surface area contributed by atoms with E-state index in [-0.39, 0.29) is 23.4 Å². The number of ether oxygens (including phenoxy) is 1. The Morgan fingerprint density at radius 1 is 1.21 bits per heavy atom. The molecular formula is C19H24N2O3. The lowest BCUT2D eigenvalue weighted by Gasteiger charge is -2.54. The van der Waals surface area contributed by atoms with E-state index in [0.29, 0.717) is 0 Å². The highest BCUT2D eigenvalue weighted by Crippen LogP contribution is 2.60. The Balaban J connectivity index is 1.75. The van der Waals surface area contributed by atoms with Gasteiger partial charge in [0.2, 0.25) is 0 Å². The molecule has 1 saturated carbocycles. The van der Waals surface area contributed by atoms with Crippen molar-refractivity contribution in [2.45, 2.75) is 36.1 Å². The molecule has 1 saturated heterocycles. The second kappa shape index (κ2) is 4.75. The van der Waals surface area contributed by atoms with Crippen LogP contribution in [0.15, 0.2) is 30.4 Å². The van der Waals surface area contributed by atoms with E-state index in [1.165, 1.54) is 5.56 Å². The van der Waals surface area contributed by atoms with Crippen molar-refractivity contribution in [1.29, 1.82) is 0 Å². The molecule has 1 aromatic carbocycles. The van der Waals surface area contributed by atoms with Gasteiger partial charge in [-0.3, -0.25) is 4.90 Å². The van der Waals surface area contributed by atoms with Crippen LogP contribution in [0, 0.1) is 5.92 Å². The minimum atomic E-state index is -0.752. The average Bonchev–Trinajstić information content (AvgIpc) is 3.11. The molecule has 0 amide bonds. The minimum Gasteiger partial charge on any atom is -0.497 e. The lowest BCUT2D eigenvalue weighted by atomic mass is 9.58. The summed E-state index contributed by atoms with van der Waals surface area (Å²) >= 11 is 0. The summed E-state index contributed by atoms with van der Waals surface area (Å²) in [7, 11) is 3.72. The van der Waals surface area contributed by atoms with Gasteiger partial charge in [-0.15, -0.1) is 0 Å². The summed E-state index contributed by atoms with van der Waals surface area (Å²) in [5.41, 5.74) is 2.31. The fourth-order valence-corrected chi connectivity index (χ4v) is 6.04. The van der Waals surface area contributed by atoms with Gasteiger partial charge < -0.3 is 19.8 Å². The van der Waals surface area contributed by atoms with Gasteiger partial charge in [0.25, 0.3) is 0 Å². The van der Waals surface area contributed by atoms with Gasteiger partial charge >= 0.3 is 0 Å². The first-order valence-corrected chi connectivity index (χ1v) is 8.78. The highest BCUT2D eigenvalue weighted by atomic mass is 16.5. The van der Waals surface area contributed by atoms with Gasteiger partial charge in [-0.05, 0) is 24.6 Å². The second-order valence-corrected chi connectivity index (χ2v) is 7.66. The number of rotatable bonds is 1. The average molecular weight is 328 g/mol. The highest BCUT2D eigenvalue weighted by Gasteiger charge is 2.67. The summed E-state index contributed by atoms with van der Waals surface area (Å²) in [6.45, 7) is 1.95. The number of fused-ring (bicyclic) bond motifs is 1. The number of aliphatic hydroxyl groups is 2. The fourth-order valence-electron chi connectivity index (χ4n) is 6.04. The first kappa shape index (κ1) is 14.8. The van der Waals surface area contributed by atoms with Crippen molar-refractivity contribution < 1.29 is 14.9 Å². The van der Waals surface area contributed by atoms with Gasteiger partial charge in [0, 0.05) is 42.7 Å². The molecule has 5 nitrogen and oxygen atoms in total. The third kappa shape index (κ3) is 1.51. The maximum absolute atomic E-state index is 11.0. The summed E-state index contributed by atoms with van der Waals surface area (Å²) < 4.78 is 5.41. The van der Waals surface area contributed by atoms with Crippen molar-refractivity contribution >= 4 is 5.69 Å². The number of methoxy groups -OCH3 is 1. The zero-order valence-electron chi connectivity index (χ0n) is 14.1. The predicted octanol–water partition coefficient (Wildman–Crippen LogP) is 0.747. The van der Waals surface area contributed by atoms with Crippen LogP contribution in [-0.2, 0) is 5.41 Å². The summed E-state index contributed by atoms with van der Waals surface area (Å²) in [5, 5.41) is 21.8. The summed E-state index contributed by atoms with van der Waals surface area (Å²) in [5.74, 6) is 0.828. The largest absolute Gasteiger partial charge is 0.497 e. The molecule has 24 heavy (non-hydrogen) atoms.